The van der Waals surface area contributed by atoms with E-state index in [0.29, 0.717) is 17.7 Å². The number of nitrogens with zero attached hydrogens (tertiary/aromatic N) is 6. The fourth-order valence-electron chi connectivity index (χ4n) is 2.83. The van der Waals surface area contributed by atoms with E-state index in [0.717, 1.165) is 37.4 Å². The Hall–Kier alpha value is -2.13. The third-order valence-electron chi connectivity index (χ3n) is 4.13. The van der Waals surface area contributed by atoms with Crippen molar-refractivity contribution in [2.75, 3.05) is 36.9 Å². The lowest BCUT2D eigenvalue weighted by Crippen LogP contribution is -2.48. The number of amides is 1. The molecule has 1 N–H and O–H groups in total. The molecule has 0 spiro atoms. The van der Waals surface area contributed by atoms with E-state index in [-0.39, 0.29) is 5.91 Å². The molecule has 1 aliphatic heterocycles. The predicted octanol–water partition coefficient (Wildman–Crippen LogP) is 1.18. The van der Waals surface area contributed by atoms with Crippen molar-refractivity contribution in [1.29, 1.82) is 0 Å². The summed E-state index contributed by atoms with van der Waals surface area (Å²) in [5, 5.41) is 19.3. The molecule has 0 radical (unpaired) electrons. The van der Waals surface area contributed by atoms with E-state index >= 15 is 0 Å². The molecule has 128 valence electrons. The Morgan fingerprint density at radius 1 is 1.42 bits per heavy atom. The summed E-state index contributed by atoms with van der Waals surface area (Å²) >= 11 is 1.32. The minimum atomic E-state index is -0.0681. The van der Waals surface area contributed by atoms with Gasteiger partial charge in [-0.1, -0.05) is 11.3 Å². The van der Waals surface area contributed by atoms with Crippen molar-refractivity contribution in [3.63, 3.8) is 0 Å². The molecule has 1 fully saturated rings. The number of carbonyl (C=O) groups is 1. The highest BCUT2D eigenvalue weighted by atomic mass is 32.1. The highest BCUT2D eigenvalue weighted by molar-refractivity contribution is 7.13. The quantitative estimate of drug-likeness (QED) is 0.869. The van der Waals surface area contributed by atoms with Crippen LogP contribution in [-0.2, 0) is 4.79 Å². The van der Waals surface area contributed by atoms with Gasteiger partial charge >= 0.3 is 0 Å². The van der Waals surface area contributed by atoms with Crippen LogP contribution in [0.4, 0.5) is 10.9 Å². The van der Waals surface area contributed by atoms with Crippen LogP contribution < -0.4 is 10.2 Å². The van der Waals surface area contributed by atoms with Crippen LogP contribution in [0.5, 0.6) is 0 Å². The summed E-state index contributed by atoms with van der Waals surface area (Å²) in [4.78, 5) is 16.4. The molecule has 0 aliphatic carbocycles. The van der Waals surface area contributed by atoms with Crippen LogP contribution in [0, 0.1) is 6.92 Å². The minimum Gasteiger partial charge on any atom is -0.354 e. The van der Waals surface area contributed by atoms with E-state index in [4.69, 9.17) is 0 Å². The molecule has 1 amide bonds. The van der Waals surface area contributed by atoms with Crippen LogP contribution in [0.25, 0.3) is 0 Å². The molecule has 3 rings (SSSR count). The molecule has 1 atom stereocenters. The number of aryl methyl sites for hydroxylation is 1. The van der Waals surface area contributed by atoms with Gasteiger partial charge in [0.25, 0.3) is 0 Å². The van der Waals surface area contributed by atoms with Crippen LogP contribution in [0.15, 0.2) is 17.6 Å². The van der Waals surface area contributed by atoms with Gasteiger partial charge in [0.1, 0.15) is 5.51 Å². The van der Waals surface area contributed by atoms with Gasteiger partial charge in [0.2, 0.25) is 11.0 Å². The average molecular weight is 347 g/mol. The molecular formula is C15H21N7OS. The summed E-state index contributed by atoms with van der Waals surface area (Å²) in [6.07, 6.45) is 2.14. The number of anilines is 2. The van der Waals surface area contributed by atoms with Crippen molar-refractivity contribution >= 4 is 28.2 Å². The zero-order valence-corrected chi connectivity index (χ0v) is 14.7. The van der Waals surface area contributed by atoms with E-state index in [1.54, 1.807) is 5.51 Å². The number of aromatic nitrogens is 4. The van der Waals surface area contributed by atoms with Crippen molar-refractivity contribution in [1.82, 2.24) is 25.3 Å². The van der Waals surface area contributed by atoms with E-state index in [1.807, 2.05) is 26.1 Å². The number of hydrogen-bond acceptors (Lipinski definition) is 8. The van der Waals surface area contributed by atoms with Crippen LogP contribution in [-0.4, -0.2) is 63.9 Å². The number of hydrogen-bond donors (Lipinski definition) is 1. The summed E-state index contributed by atoms with van der Waals surface area (Å²) < 4.78 is 0. The summed E-state index contributed by atoms with van der Waals surface area (Å²) in [7, 11) is 1.98. The molecule has 8 nitrogen and oxygen atoms in total. The van der Waals surface area contributed by atoms with Crippen molar-refractivity contribution < 1.29 is 4.79 Å². The molecule has 2 aromatic heterocycles. The van der Waals surface area contributed by atoms with Crippen molar-refractivity contribution in [3.05, 3.63) is 23.3 Å². The zero-order chi connectivity index (χ0) is 16.9. The van der Waals surface area contributed by atoms with E-state index in [1.165, 1.54) is 11.3 Å². The highest BCUT2D eigenvalue weighted by Crippen LogP contribution is 2.20. The van der Waals surface area contributed by atoms with Gasteiger partial charge in [0, 0.05) is 19.1 Å². The zero-order valence-electron chi connectivity index (χ0n) is 13.8. The van der Waals surface area contributed by atoms with Crippen LogP contribution in [0.2, 0.25) is 0 Å². The Balaban J connectivity index is 1.55. The molecule has 1 aliphatic rings. The second-order valence-corrected chi connectivity index (χ2v) is 6.82. The van der Waals surface area contributed by atoms with Gasteiger partial charge in [0.15, 0.2) is 5.82 Å². The Morgan fingerprint density at radius 3 is 3.00 bits per heavy atom. The fraction of sp³-hybridized carbons (Fsp3) is 0.533. The maximum atomic E-state index is 12.1. The lowest BCUT2D eigenvalue weighted by molar-refractivity contribution is -0.117. The molecule has 2 aromatic rings. The van der Waals surface area contributed by atoms with E-state index in [9.17, 15) is 4.79 Å². The standard InChI is InChI=1S/C15H21N7OS/c1-11-5-6-13(19-18-11)22-7-3-4-12(8-22)21(2)9-14(23)17-15-20-16-10-24-15/h5-6,10,12H,3-4,7-9H2,1-2H3,(H,17,20,23)/t12-/m1/s1. The lowest BCUT2D eigenvalue weighted by Gasteiger charge is -2.37. The molecule has 9 heteroatoms. The number of likely N-dealkylation sites (N-methyl/N-ethyl adjacent to an activating group) is 1. The van der Waals surface area contributed by atoms with Crippen LogP contribution in [0.3, 0.4) is 0 Å². The number of carbonyl (C=O) groups excluding carboxylic acids is 1. The predicted molar refractivity (Wildman–Crippen MR) is 93.2 cm³/mol. The summed E-state index contributed by atoms with van der Waals surface area (Å²) in [5.74, 6) is 0.832. The molecular weight excluding hydrogens is 326 g/mol. The molecule has 0 bridgehead atoms. The van der Waals surface area contributed by atoms with Gasteiger partial charge in [-0.2, -0.15) is 5.10 Å². The Kier molecular flexibility index (Phi) is 5.31. The topological polar surface area (TPSA) is 87.1 Å². The van der Waals surface area contributed by atoms with Crippen LogP contribution >= 0.6 is 11.3 Å². The second-order valence-electron chi connectivity index (χ2n) is 5.98. The Labute approximate surface area is 144 Å². The van der Waals surface area contributed by atoms with Gasteiger partial charge in [0.05, 0.1) is 12.2 Å². The highest BCUT2D eigenvalue weighted by Gasteiger charge is 2.25. The number of piperidine rings is 1. The number of nitrogens with one attached hydrogen (secondary N) is 1. The van der Waals surface area contributed by atoms with Gasteiger partial charge in [-0.05, 0) is 38.9 Å². The molecule has 24 heavy (non-hydrogen) atoms. The first-order chi connectivity index (χ1) is 11.6. The summed E-state index contributed by atoms with van der Waals surface area (Å²) in [6.45, 7) is 4.08. The molecule has 0 saturated carbocycles. The van der Waals surface area contributed by atoms with Gasteiger partial charge in [-0.3, -0.25) is 15.0 Å². The molecule has 3 heterocycles. The smallest absolute Gasteiger partial charge is 0.240 e. The van der Waals surface area contributed by atoms with E-state index < -0.39 is 0 Å². The van der Waals surface area contributed by atoms with E-state index in [2.05, 4.69) is 35.5 Å². The monoisotopic (exact) mass is 347 g/mol. The van der Waals surface area contributed by atoms with Crippen molar-refractivity contribution in [2.24, 2.45) is 0 Å². The third kappa shape index (κ3) is 4.24. The first kappa shape index (κ1) is 16.7. The first-order valence-electron chi connectivity index (χ1n) is 7.93. The number of rotatable bonds is 5. The maximum Gasteiger partial charge on any atom is 0.240 e. The first-order valence-corrected chi connectivity index (χ1v) is 8.81. The summed E-state index contributed by atoms with van der Waals surface area (Å²) in [5.41, 5.74) is 2.51. The van der Waals surface area contributed by atoms with Gasteiger partial charge in [-0.25, -0.2) is 0 Å². The van der Waals surface area contributed by atoms with Gasteiger partial charge in [-0.15, -0.1) is 15.3 Å². The average Bonchev–Trinajstić information content (AvgIpc) is 3.08. The molecule has 1 saturated heterocycles. The van der Waals surface area contributed by atoms with Crippen molar-refractivity contribution in [3.8, 4) is 0 Å². The Morgan fingerprint density at radius 2 is 2.29 bits per heavy atom. The van der Waals surface area contributed by atoms with Crippen molar-refractivity contribution in [2.45, 2.75) is 25.8 Å². The second kappa shape index (κ2) is 7.63. The molecule has 0 unspecified atom stereocenters. The summed E-state index contributed by atoms with van der Waals surface area (Å²) in [6, 6.07) is 4.29. The molecule has 0 aromatic carbocycles. The minimum absolute atomic E-state index is 0.0681. The van der Waals surface area contributed by atoms with Gasteiger partial charge < -0.3 is 4.90 Å². The maximum absolute atomic E-state index is 12.1. The Bertz CT molecular complexity index is 661. The lowest BCUT2D eigenvalue weighted by atomic mass is 10.0. The van der Waals surface area contributed by atoms with Crippen LogP contribution in [0.1, 0.15) is 18.5 Å². The fourth-order valence-corrected chi connectivity index (χ4v) is 3.29. The normalized spacial score (nSPS) is 18.0. The largest absolute Gasteiger partial charge is 0.354 e. The third-order valence-corrected chi connectivity index (χ3v) is 4.73. The SMILES string of the molecule is Cc1ccc(N2CCC[C@@H](N(C)CC(=O)Nc3nncs3)C2)nn1.